The van der Waals surface area contributed by atoms with Gasteiger partial charge in [0, 0.05) is 61.6 Å². The van der Waals surface area contributed by atoms with Crippen molar-refractivity contribution in [3.8, 4) is 0 Å². The number of hydrogen-bond donors (Lipinski definition) is 4. The van der Waals surface area contributed by atoms with E-state index in [4.69, 9.17) is 11.6 Å². The highest BCUT2D eigenvalue weighted by Gasteiger charge is 2.33. The zero-order chi connectivity index (χ0) is 39.3. The van der Waals surface area contributed by atoms with Gasteiger partial charge in [0.1, 0.15) is 17.0 Å². The van der Waals surface area contributed by atoms with Crippen LogP contribution in [0.2, 0.25) is 5.02 Å². The molecule has 16 nitrogen and oxygen atoms in total. The summed E-state index contributed by atoms with van der Waals surface area (Å²) in [6, 6.07) is 12.4. The van der Waals surface area contributed by atoms with Crippen molar-refractivity contribution in [1.82, 2.24) is 44.6 Å². The third-order valence-corrected chi connectivity index (χ3v) is 10.6. The molecule has 56 heavy (non-hydrogen) atoms. The topological polar surface area (TPSA) is 190 Å². The summed E-state index contributed by atoms with van der Waals surface area (Å²) in [4.78, 5) is 61.0. The molecule has 18 heteroatoms. The average Bonchev–Trinajstić information content (AvgIpc) is 3.50. The minimum Gasteiger partial charge on any atom is -0.379 e. The Kier molecular flexibility index (Phi) is 9.48. The summed E-state index contributed by atoms with van der Waals surface area (Å²) in [6.07, 6.45) is 4.68. The van der Waals surface area contributed by atoms with E-state index >= 15 is 4.39 Å². The molecule has 6 aromatic rings. The molecule has 4 aromatic heterocycles. The number of aryl methyl sites for hydroxylation is 2. The number of imide groups is 1. The molecule has 0 radical (unpaired) electrons. The van der Waals surface area contributed by atoms with Crippen molar-refractivity contribution < 1.29 is 14.0 Å². The number of anilines is 5. The van der Waals surface area contributed by atoms with E-state index in [1.165, 1.54) is 10.8 Å². The third-order valence-electron chi connectivity index (χ3n) is 10.3. The summed E-state index contributed by atoms with van der Waals surface area (Å²) in [5.41, 5.74) is 2.25. The molecule has 4 N–H and O–H groups in total. The van der Waals surface area contributed by atoms with Gasteiger partial charge in [0.2, 0.25) is 17.8 Å². The number of nitrogens with one attached hydrogen (secondary N) is 4. The summed E-state index contributed by atoms with van der Waals surface area (Å²) in [7, 11) is 3.46. The van der Waals surface area contributed by atoms with Gasteiger partial charge >= 0.3 is 5.69 Å². The van der Waals surface area contributed by atoms with Crippen molar-refractivity contribution >= 4 is 74.2 Å². The van der Waals surface area contributed by atoms with E-state index < -0.39 is 29.4 Å². The van der Waals surface area contributed by atoms with Crippen LogP contribution in [0.25, 0.3) is 21.8 Å². The van der Waals surface area contributed by atoms with Crippen LogP contribution >= 0.6 is 11.6 Å². The molecule has 0 saturated carbocycles. The van der Waals surface area contributed by atoms with E-state index in [0.29, 0.717) is 65.1 Å². The van der Waals surface area contributed by atoms with Gasteiger partial charge in [-0.1, -0.05) is 11.6 Å². The standard InChI is InChI=1S/C38H39ClFN13O3/c1-38(2,35-41-13-5-14-42-35)49-32-24-16-20(7-10-28(24)51(3)37(56)48-32)45-33-25(39)18-43-36(47-33)53-15-12-27(26(40)19-53)44-21-6-8-22-29(17-21)52(4)50-31(22)23-9-11-30(54)46-34(23)55/h5-8,10,13-14,16-18,23,26-27,44H,9,11-12,15,19H2,1-4H3,(H,43,45,47)(H,46,54,55)(H,48,49,56)/t23?,26-,27-/m0/s1. The zero-order valence-corrected chi connectivity index (χ0v) is 31.8. The number of halogens is 2. The molecular formula is C38H39ClFN13O3. The fourth-order valence-corrected chi connectivity index (χ4v) is 7.42. The maximum atomic E-state index is 15.8. The first-order chi connectivity index (χ1) is 26.8. The number of hydrogen-bond acceptors (Lipinski definition) is 13. The van der Waals surface area contributed by atoms with Gasteiger partial charge in [-0.05, 0) is 69.2 Å². The number of alkyl halides is 1. The van der Waals surface area contributed by atoms with E-state index in [-0.39, 0.29) is 29.8 Å². The molecule has 0 bridgehead atoms. The number of aromatic nitrogens is 8. The van der Waals surface area contributed by atoms with Gasteiger partial charge in [-0.2, -0.15) is 15.1 Å². The second kappa shape index (κ2) is 14.4. The molecule has 2 aromatic carbocycles. The van der Waals surface area contributed by atoms with E-state index in [1.807, 2.05) is 50.2 Å². The van der Waals surface area contributed by atoms with Gasteiger partial charge in [0.05, 0.1) is 47.0 Å². The van der Waals surface area contributed by atoms with Crippen LogP contribution in [0.4, 0.5) is 33.3 Å². The Hall–Kier alpha value is -6.23. The molecule has 2 fully saturated rings. The van der Waals surface area contributed by atoms with Crippen molar-refractivity contribution in [1.29, 1.82) is 0 Å². The molecule has 0 aliphatic carbocycles. The van der Waals surface area contributed by atoms with Crippen LogP contribution in [0, 0.1) is 0 Å². The van der Waals surface area contributed by atoms with Crippen LogP contribution in [0.3, 0.4) is 0 Å². The molecule has 6 heterocycles. The summed E-state index contributed by atoms with van der Waals surface area (Å²) < 4.78 is 19.0. The van der Waals surface area contributed by atoms with Gasteiger partial charge in [-0.25, -0.2) is 24.1 Å². The molecule has 2 aliphatic heterocycles. The lowest BCUT2D eigenvalue weighted by atomic mass is 9.93. The number of nitrogens with zero attached hydrogens (tertiary/aromatic N) is 9. The normalized spacial score (nSPS) is 19.0. The van der Waals surface area contributed by atoms with Crippen LogP contribution in [0.1, 0.15) is 50.5 Å². The first-order valence-electron chi connectivity index (χ1n) is 18.2. The average molecular weight is 780 g/mol. The molecule has 2 amide bonds. The van der Waals surface area contributed by atoms with E-state index in [1.54, 1.807) is 42.1 Å². The number of carbonyl (C=O) groups excluding carboxylic acids is 2. The summed E-state index contributed by atoms with van der Waals surface area (Å²) in [5, 5.41) is 18.7. The zero-order valence-electron chi connectivity index (χ0n) is 31.0. The monoisotopic (exact) mass is 779 g/mol. The van der Waals surface area contributed by atoms with Crippen molar-refractivity contribution in [3.63, 3.8) is 0 Å². The molecule has 288 valence electrons. The molecule has 3 atom stereocenters. The largest absolute Gasteiger partial charge is 0.379 e. The fourth-order valence-electron chi connectivity index (χ4n) is 7.28. The SMILES string of the molecule is Cn1nc(C2CCC(=O)NC2=O)c2ccc(N[C@H]3CCN(c4ncc(Cl)c(Nc5ccc6c(c5)c(NC(C)(C)c5ncccn5)nc(=O)n6C)n4)C[C@@H]3F)cc21. The summed E-state index contributed by atoms with van der Waals surface area (Å²) in [5.74, 6) is 0.429. The Morgan fingerprint density at radius 2 is 1.71 bits per heavy atom. The van der Waals surface area contributed by atoms with Crippen molar-refractivity contribution in [2.45, 2.75) is 56.8 Å². The quantitative estimate of drug-likeness (QED) is 0.148. The predicted octanol–water partition coefficient (Wildman–Crippen LogP) is 4.69. The minimum atomic E-state index is -1.25. The smallest absolute Gasteiger partial charge is 0.349 e. The third kappa shape index (κ3) is 7.05. The molecule has 2 aliphatic rings. The highest BCUT2D eigenvalue weighted by Crippen LogP contribution is 2.34. The number of amides is 2. The maximum absolute atomic E-state index is 15.8. The lowest BCUT2D eigenvalue weighted by Crippen LogP contribution is -2.48. The highest BCUT2D eigenvalue weighted by molar-refractivity contribution is 6.33. The lowest BCUT2D eigenvalue weighted by molar-refractivity contribution is -0.134. The van der Waals surface area contributed by atoms with Crippen LogP contribution < -0.4 is 31.9 Å². The lowest BCUT2D eigenvalue weighted by Gasteiger charge is -2.35. The van der Waals surface area contributed by atoms with Gasteiger partial charge in [-0.15, -0.1) is 0 Å². The van der Waals surface area contributed by atoms with Crippen LogP contribution in [0.15, 0.2) is 65.8 Å². The van der Waals surface area contributed by atoms with Crippen molar-refractivity contribution in [2.24, 2.45) is 14.1 Å². The Balaban J connectivity index is 0.972. The maximum Gasteiger partial charge on any atom is 0.349 e. The van der Waals surface area contributed by atoms with Gasteiger partial charge in [-0.3, -0.25) is 24.2 Å². The number of benzene rings is 2. The fraction of sp³-hybridized carbons (Fsp3) is 0.342. The number of rotatable bonds is 9. The first-order valence-corrected chi connectivity index (χ1v) is 18.5. The van der Waals surface area contributed by atoms with E-state index in [2.05, 4.69) is 51.3 Å². The van der Waals surface area contributed by atoms with Crippen LogP contribution in [-0.4, -0.2) is 76.4 Å². The molecule has 0 spiro atoms. The second-order valence-electron chi connectivity index (χ2n) is 14.6. The Morgan fingerprint density at radius 3 is 2.48 bits per heavy atom. The van der Waals surface area contributed by atoms with Gasteiger partial charge in [0.25, 0.3) is 0 Å². The van der Waals surface area contributed by atoms with Gasteiger partial charge in [0.15, 0.2) is 11.6 Å². The van der Waals surface area contributed by atoms with E-state index in [0.717, 1.165) is 16.6 Å². The van der Waals surface area contributed by atoms with Crippen molar-refractivity contribution in [2.75, 3.05) is 33.9 Å². The van der Waals surface area contributed by atoms with Gasteiger partial charge < -0.3 is 20.9 Å². The second-order valence-corrected chi connectivity index (χ2v) is 15.0. The van der Waals surface area contributed by atoms with E-state index in [9.17, 15) is 14.4 Å². The first kappa shape index (κ1) is 36.7. The Labute approximate surface area is 324 Å². The summed E-state index contributed by atoms with van der Waals surface area (Å²) in [6.45, 7) is 4.35. The highest BCUT2D eigenvalue weighted by atomic mass is 35.5. The number of piperidine rings is 2. The Bertz CT molecular complexity index is 2560. The van der Waals surface area contributed by atoms with Crippen LogP contribution in [0.5, 0.6) is 0 Å². The van der Waals surface area contributed by atoms with Crippen LogP contribution in [-0.2, 0) is 29.2 Å². The molecule has 1 unspecified atom stereocenters. The molecule has 8 rings (SSSR count). The minimum absolute atomic E-state index is 0.0535. The van der Waals surface area contributed by atoms with Crippen molar-refractivity contribution in [3.05, 3.63) is 88.1 Å². The number of fused-ring (bicyclic) bond motifs is 2. The molecule has 2 saturated heterocycles. The predicted molar refractivity (Wildman–Crippen MR) is 211 cm³/mol. The Morgan fingerprint density at radius 1 is 0.929 bits per heavy atom. The number of carbonyl (C=O) groups is 2. The summed E-state index contributed by atoms with van der Waals surface area (Å²) >= 11 is 6.58. The molecular weight excluding hydrogens is 741 g/mol.